The Labute approximate surface area is 102 Å². The molecule has 0 bridgehead atoms. The summed E-state index contributed by atoms with van der Waals surface area (Å²) in [6.45, 7) is 10.5. The van der Waals surface area contributed by atoms with Crippen molar-refractivity contribution in [2.75, 3.05) is 4.90 Å². The molecule has 0 atom stereocenters. The minimum absolute atomic E-state index is 0.0472. The maximum atomic E-state index is 13.4. The Morgan fingerprint density at radius 2 is 1.81 bits per heavy atom. The van der Waals surface area contributed by atoms with Crippen molar-refractivity contribution in [3.05, 3.63) is 29.0 Å². The third kappa shape index (κ3) is 2.88. The summed E-state index contributed by atoms with van der Waals surface area (Å²) >= 11 is 5.69. The molecule has 0 radical (unpaired) electrons. The van der Waals surface area contributed by atoms with E-state index in [0.29, 0.717) is 6.04 Å². The number of rotatable bonds is 2. The molecule has 0 saturated carbocycles. The number of benzene rings is 1. The van der Waals surface area contributed by atoms with Gasteiger partial charge in [0.1, 0.15) is 5.82 Å². The van der Waals surface area contributed by atoms with Gasteiger partial charge in [-0.15, -0.1) is 0 Å². The monoisotopic (exact) mass is 243 g/mol. The topological polar surface area (TPSA) is 3.24 Å². The molecule has 0 aliphatic carbocycles. The van der Waals surface area contributed by atoms with Gasteiger partial charge < -0.3 is 4.90 Å². The summed E-state index contributed by atoms with van der Waals surface area (Å²) in [4.78, 5) is 2.17. The van der Waals surface area contributed by atoms with Gasteiger partial charge in [-0.3, -0.25) is 0 Å². The van der Waals surface area contributed by atoms with Crippen LogP contribution in [0.15, 0.2) is 18.2 Å². The average Bonchev–Trinajstić information content (AvgIpc) is 2.08. The summed E-state index contributed by atoms with van der Waals surface area (Å²) < 4.78 is 13.4. The van der Waals surface area contributed by atoms with Gasteiger partial charge in [0.2, 0.25) is 0 Å². The van der Waals surface area contributed by atoms with Gasteiger partial charge >= 0.3 is 0 Å². The van der Waals surface area contributed by atoms with Crippen LogP contribution in [0.25, 0.3) is 0 Å². The molecule has 0 heterocycles. The van der Waals surface area contributed by atoms with Crippen molar-refractivity contribution in [3.8, 4) is 0 Å². The molecule has 0 spiro atoms. The smallest absolute Gasteiger partial charge is 0.143 e. The predicted octanol–water partition coefficient (Wildman–Crippen LogP) is 4.49. The van der Waals surface area contributed by atoms with Crippen molar-refractivity contribution >= 4 is 17.3 Å². The Morgan fingerprint density at radius 1 is 1.25 bits per heavy atom. The van der Waals surface area contributed by atoms with E-state index in [0.717, 1.165) is 5.69 Å². The summed E-state index contributed by atoms with van der Waals surface area (Å²) in [5.41, 5.74) is 0.818. The molecular weight excluding hydrogens is 225 g/mol. The summed E-state index contributed by atoms with van der Waals surface area (Å²) in [5.74, 6) is -0.367. The highest BCUT2D eigenvalue weighted by atomic mass is 35.5. The Kier molecular flexibility index (Phi) is 3.84. The first kappa shape index (κ1) is 13.3. The van der Waals surface area contributed by atoms with Gasteiger partial charge in [-0.05, 0) is 52.8 Å². The zero-order chi connectivity index (χ0) is 12.5. The first-order chi connectivity index (χ1) is 7.23. The van der Waals surface area contributed by atoms with Crippen LogP contribution in [0.4, 0.5) is 10.1 Å². The highest BCUT2D eigenvalue weighted by Crippen LogP contribution is 2.29. The molecule has 1 rings (SSSR count). The van der Waals surface area contributed by atoms with Crippen LogP contribution in [0.3, 0.4) is 0 Å². The second-order valence-electron chi connectivity index (χ2n) is 5.23. The van der Waals surface area contributed by atoms with Crippen LogP contribution in [-0.4, -0.2) is 11.6 Å². The van der Waals surface area contributed by atoms with Crippen molar-refractivity contribution in [2.24, 2.45) is 0 Å². The Hall–Kier alpha value is -0.760. The van der Waals surface area contributed by atoms with E-state index < -0.39 is 0 Å². The molecule has 0 aliphatic rings. The van der Waals surface area contributed by atoms with E-state index in [-0.39, 0.29) is 16.4 Å². The quantitative estimate of drug-likeness (QED) is 0.740. The van der Waals surface area contributed by atoms with Crippen molar-refractivity contribution in [3.63, 3.8) is 0 Å². The van der Waals surface area contributed by atoms with Crippen LogP contribution < -0.4 is 4.90 Å². The van der Waals surface area contributed by atoms with Crippen LogP contribution in [0.5, 0.6) is 0 Å². The van der Waals surface area contributed by atoms with Crippen LogP contribution in [0, 0.1) is 5.82 Å². The van der Waals surface area contributed by atoms with Gasteiger partial charge in [-0.25, -0.2) is 4.39 Å². The minimum atomic E-state index is -0.367. The second kappa shape index (κ2) is 4.62. The lowest BCUT2D eigenvalue weighted by molar-refractivity contribution is 0.464. The van der Waals surface area contributed by atoms with Crippen LogP contribution >= 0.6 is 11.6 Å². The fourth-order valence-electron chi connectivity index (χ4n) is 2.09. The lowest BCUT2D eigenvalue weighted by atomic mass is 10.0. The number of halogens is 2. The lowest BCUT2D eigenvalue weighted by Gasteiger charge is -2.41. The number of anilines is 1. The Morgan fingerprint density at radius 3 is 2.19 bits per heavy atom. The molecule has 0 fully saturated rings. The van der Waals surface area contributed by atoms with Crippen molar-refractivity contribution in [1.82, 2.24) is 0 Å². The van der Waals surface area contributed by atoms with Crippen molar-refractivity contribution < 1.29 is 4.39 Å². The Bertz CT molecular complexity index is 369. The van der Waals surface area contributed by atoms with Gasteiger partial charge in [-0.1, -0.05) is 11.6 Å². The van der Waals surface area contributed by atoms with Gasteiger partial charge in [0.05, 0.1) is 5.02 Å². The SMILES string of the molecule is CC(C)N(c1ccc(Cl)c(F)c1)C(C)(C)C. The van der Waals surface area contributed by atoms with Crippen LogP contribution in [0.2, 0.25) is 5.02 Å². The normalized spacial score (nSPS) is 12.0. The molecule has 1 nitrogen and oxygen atoms in total. The highest BCUT2D eigenvalue weighted by molar-refractivity contribution is 6.30. The summed E-state index contributed by atoms with van der Waals surface area (Å²) in [6.07, 6.45) is 0. The standard InChI is InChI=1S/C13H19ClFN/c1-9(2)16(13(3,4)5)10-6-7-11(14)12(15)8-10/h6-9H,1-5H3. The van der Waals surface area contributed by atoms with Gasteiger partial charge in [0.15, 0.2) is 0 Å². The van der Waals surface area contributed by atoms with Crippen LogP contribution in [0.1, 0.15) is 34.6 Å². The van der Waals surface area contributed by atoms with E-state index >= 15 is 0 Å². The maximum absolute atomic E-state index is 13.4. The molecule has 0 aromatic heterocycles. The first-order valence-electron chi connectivity index (χ1n) is 5.48. The predicted molar refractivity (Wildman–Crippen MR) is 68.8 cm³/mol. The van der Waals surface area contributed by atoms with E-state index in [9.17, 15) is 4.39 Å². The van der Waals surface area contributed by atoms with E-state index in [2.05, 4.69) is 39.5 Å². The second-order valence-corrected chi connectivity index (χ2v) is 5.64. The van der Waals surface area contributed by atoms with E-state index in [4.69, 9.17) is 11.6 Å². The van der Waals surface area contributed by atoms with Gasteiger partial charge in [0.25, 0.3) is 0 Å². The zero-order valence-electron chi connectivity index (χ0n) is 10.5. The fraction of sp³-hybridized carbons (Fsp3) is 0.538. The van der Waals surface area contributed by atoms with Gasteiger partial charge in [-0.2, -0.15) is 0 Å². The molecular formula is C13H19ClFN. The lowest BCUT2D eigenvalue weighted by Crippen LogP contribution is -2.46. The number of hydrogen-bond donors (Lipinski definition) is 0. The minimum Gasteiger partial charge on any atom is -0.364 e. The third-order valence-corrected chi connectivity index (χ3v) is 2.73. The summed E-state index contributed by atoms with van der Waals surface area (Å²) in [6, 6.07) is 5.26. The maximum Gasteiger partial charge on any atom is 0.143 e. The van der Waals surface area contributed by atoms with E-state index in [1.165, 1.54) is 6.07 Å². The molecule has 0 amide bonds. The largest absolute Gasteiger partial charge is 0.364 e. The zero-order valence-corrected chi connectivity index (χ0v) is 11.3. The van der Waals surface area contributed by atoms with E-state index in [1.807, 2.05) is 6.07 Å². The average molecular weight is 244 g/mol. The molecule has 16 heavy (non-hydrogen) atoms. The molecule has 3 heteroatoms. The molecule has 0 saturated heterocycles. The molecule has 0 unspecified atom stereocenters. The van der Waals surface area contributed by atoms with Crippen molar-refractivity contribution in [2.45, 2.75) is 46.2 Å². The summed E-state index contributed by atoms with van der Waals surface area (Å²) in [5, 5.41) is 0.168. The fourth-order valence-corrected chi connectivity index (χ4v) is 2.21. The van der Waals surface area contributed by atoms with Gasteiger partial charge in [0, 0.05) is 17.3 Å². The van der Waals surface area contributed by atoms with E-state index in [1.54, 1.807) is 6.07 Å². The molecule has 0 N–H and O–H groups in total. The Balaban J connectivity index is 3.17. The molecule has 90 valence electrons. The van der Waals surface area contributed by atoms with Crippen molar-refractivity contribution in [1.29, 1.82) is 0 Å². The number of nitrogens with zero attached hydrogens (tertiary/aromatic N) is 1. The number of hydrogen-bond acceptors (Lipinski definition) is 1. The highest BCUT2D eigenvalue weighted by Gasteiger charge is 2.24. The summed E-state index contributed by atoms with van der Waals surface area (Å²) in [7, 11) is 0. The van der Waals surface area contributed by atoms with Crippen LogP contribution in [-0.2, 0) is 0 Å². The first-order valence-corrected chi connectivity index (χ1v) is 5.85. The molecule has 0 aliphatic heterocycles. The molecule has 1 aromatic rings. The molecule has 1 aromatic carbocycles. The third-order valence-electron chi connectivity index (χ3n) is 2.42.